The smallest absolute Gasteiger partial charge is 0.322 e. The molecule has 0 radical (unpaired) electrons. The number of hydrogen-bond acceptors (Lipinski definition) is 5. The van der Waals surface area contributed by atoms with Crippen LogP contribution >= 0.6 is 0 Å². The van der Waals surface area contributed by atoms with Crippen molar-refractivity contribution in [1.82, 2.24) is 30.5 Å². The van der Waals surface area contributed by atoms with Crippen LogP contribution in [0.15, 0.2) is 12.4 Å². The zero-order valence-corrected chi connectivity index (χ0v) is 11.4. The van der Waals surface area contributed by atoms with Crippen molar-refractivity contribution in [3.05, 3.63) is 12.4 Å². The molecular formula is C12H16N6O3. The molecule has 9 heteroatoms. The average molecular weight is 292 g/mol. The fourth-order valence-corrected chi connectivity index (χ4v) is 2.74. The van der Waals surface area contributed by atoms with Gasteiger partial charge in [-0.2, -0.15) is 0 Å². The van der Waals surface area contributed by atoms with Gasteiger partial charge in [0.1, 0.15) is 5.54 Å². The first-order valence-electron chi connectivity index (χ1n) is 6.85. The fourth-order valence-electron chi connectivity index (χ4n) is 2.74. The van der Waals surface area contributed by atoms with Gasteiger partial charge in [-0.1, -0.05) is 5.21 Å². The molecule has 3 rings (SSSR count). The highest BCUT2D eigenvalue weighted by Crippen LogP contribution is 2.25. The van der Waals surface area contributed by atoms with E-state index in [9.17, 15) is 14.4 Å². The van der Waals surface area contributed by atoms with Crippen molar-refractivity contribution in [2.45, 2.75) is 31.3 Å². The Bertz CT molecular complexity index is 562. The van der Waals surface area contributed by atoms with E-state index in [1.165, 1.54) is 0 Å². The van der Waals surface area contributed by atoms with Crippen LogP contribution in [0.2, 0.25) is 0 Å². The molecule has 0 bridgehead atoms. The minimum atomic E-state index is -0.834. The van der Waals surface area contributed by atoms with Gasteiger partial charge in [0, 0.05) is 25.7 Å². The third-order valence-corrected chi connectivity index (χ3v) is 4.01. The van der Waals surface area contributed by atoms with Gasteiger partial charge in [0.2, 0.25) is 5.91 Å². The zero-order valence-electron chi connectivity index (χ0n) is 11.4. The molecule has 2 fully saturated rings. The minimum Gasteiger partial charge on any atom is -0.342 e. The number of likely N-dealkylation sites (tertiary alicyclic amines) is 1. The number of imide groups is 1. The summed E-state index contributed by atoms with van der Waals surface area (Å²) in [5.74, 6) is -0.271. The number of aromatic nitrogens is 3. The number of nitrogens with zero attached hydrogens (tertiary/aromatic N) is 4. The molecule has 2 aliphatic heterocycles. The second kappa shape index (κ2) is 5.15. The highest BCUT2D eigenvalue weighted by atomic mass is 16.2. The Hall–Kier alpha value is -2.45. The van der Waals surface area contributed by atoms with E-state index in [1.54, 1.807) is 22.0 Å². The average Bonchev–Trinajstić information content (AvgIpc) is 3.06. The van der Waals surface area contributed by atoms with E-state index < -0.39 is 11.6 Å². The molecule has 4 amide bonds. The molecular weight excluding hydrogens is 276 g/mol. The van der Waals surface area contributed by atoms with Gasteiger partial charge < -0.3 is 10.2 Å². The lowest BCUT2D eigenvalue weighted by atomic mass is 9.87. The molecule has 1 aromatic heterocycles. The summed E-state index contributed by atoms with van der Waals surface area (Å²) in [5.41, 5.74) is -0.834. The Labute approximate surface area is 120 Å². The lowest BCUT2D eigenvalue weighted by molar-refractivity contribution is -0.136. The van der Waals surface area contributed by atoms with E-state index in [0.29, 0.717) is 38.9 Å². The molecule has 21 heavy (non-hydrogen) atoms. The molecule has 0 aromatic carbocycles. The zero-order chi connectivity index (χ0) is 14.9. The van der Waals surface area contributed by atoms with Crippen molar-refractivity contribution in [3.63, 3.8) is 0 Å². The van der Waals surface area contributed by atoms with Gasteiger partial charge in [0.25, 0.3) is 5.91 Å². The first-order valence-corrected chi connectivity index (χ1v) is 6.85. The van der Waals surface area contributed by atoms with Gasteiger partial charge in [-0.3, -0.25) is 19.6 Å². The molecule has 1 spiro atoms. The second-order valence-corrected chi connectivity index (χ2v) is 5.29. The molecule has 9 nitrogen and oxygen atoms in total. The number of carbonyl (C=O) groups is 3. The Morgan fingerprint density at radius 3 is 2.67 bits per heavy atom. The van der Waals surface area contributed by atoms with Crippen LogP contribution in [0, 0.1) is 0 Å². The van der Waals surface area contributed by atoms with Crippen LogP contribution in [-0.2, 0) is 16.1 Å². The minimum absolute atomic E-state index is 0.0186. The third-order valence-electron chi connectivity index (χ3n) is 4.01. The molecule has 2 saturated heterocycles. The Balaban J connectivity index is 1.52. The lowest BCUT2D eigenvalue weighted by Gasteiger charge is -2.37. The number of rotatable bonds is 3. The molecule has 0 atom stereocenters. The van der Waals surface area contributed by atoms with Crippen LogP contribution in [-0.4, -0.2) is 56.4 Å². The maximum Gasteiger partial charge on any atom is 0.322 e. The van der Waals surface area contributed by atoms with Crippen molar-refractivity contribution < 1.29 is 14.4 Å². The topological polar surface area (TPSA) is 109 Å². The number of aryl methyl sites for hydroxylation is 1. The van der Waals surface area contributed by atoms with Crippen LogP contribution in [0.3, 0.4) is 0 Å². The first kappa shape index (κ1) is 13.5. The van der Waals surface area contributed by atoms with Gasteiger partial charge in [-0.05, 0) is 12.8 Å². The third kappa shape index (κ3) is 2.58. The van der Waals surface area contributed by atoms with Crippen molar-refractivity contribution in [2.75, 3.05) is 13.1 Å². The Morgan fingerprint density at radius 2 is 2.10 bits per heavy atom. The number of amides is 4. The Kier molecular flexibility index (Phi) is 3.32. The molecule has 0 aliphatic carbocycles. The molecule has 0 saturated carbocycles. The summed E-state index contributed by atoms with van der Waals surface area (Å²) in [6, 6.07) is -0.453. The molecule has 3 heterocycles. The van der Waals surface area contributed by atoms with E-state index in [0.717, 1.165) is 0 Å². The maximum atomic E-state index is 12.1. The van der Waals surface area contributed by atoms with Crippen LogP contribution < -0.4 is 10.6 Å². The number of hydrogen-bond donors (Lipinski definition) is 2. The summed E-state index contributed by atoms with van der Waals surface area (Å²) < 4.78 is 1.61. The van der Waals surface area contributed by atoms with Crippen molar-refractivity contribution in [2.24, 2.45) is 0 Å². The van der Waals surface area contributed by atoms with Crippen molar-refractivity contribution >= 4 is 17.8 Å². The summed E-state index contributed by atoms with van der Waals surface area (Å²) >= 11 is 0. The van der Waals surface area contributed by atoms with Crippen LogP contribution in [0.25, 0.3) is 0 Å². The number of nitrogens with one attached hydrogen (secondary N) is 2. The monoisotopic (exact) mass is 292 g/mol. The second-order valence-electron chi connectivity index (χ2n) is 5.29. The summed E-state index contributed by atoms with van der Waals surface area (Å²) in [4.78, 5) is 36.9. The van der Waals surface area contributed by atoms with Gasteiger partial charge in [0.15, 0.2) is 0 Å². The SMILES string of the molecule is O=C1NC(=O)C2(CCN(C(=O)CCn3ccnn3)CC2)N1. The summed E-state index contributed by atoms with van der Waals surface area (Å²) in [7, 11) is 0. The fraction of sp³-hybridized carbons (Fsp3) is 0.583. The van der Waals surface area contributed by atoms with E-state index in [4.69, 9.17) is 0 Å². The molecule has 2 N–H and O–H groups in total. The molecule has 1 aromatic rings. The number of carbonyl (C=O) groups excluding carboxylic acids is 3. The standard InChI is InChI=1S/C12H16N6O3/c19-9(1-5-18-8-4-13-16-18)17-6-2-12(3-7-17)10(20)14-11(21)15-12/h4,8H,1-3,5-7H2,(H2,14,15,20,21). The largest absolute Gasteiger partial charge is 0.342 e. The van der Waals surface area contributed by atoms with E-state index in [-0.39, 0.29) is 11.8 Å². The van der Waals surface area contributed by atoms with Gasteiger partial charge in [-0.25, -0.2) is 4.79 Å². The Morgan fingerprint density at radius 1 is 1.33 bits per heavy atom. The number of piperidine rings is 1. The highest BCUT2D eigenvalue weighted by Gasteiger charge is 2.48. The quantitative estimate of drug-likeness (QED) is 0.685. The van der Waals surface area contributed by atoms with E-state index in [1.807, 2.05) is 0 Å². The van der Waals surface area contributed by atoms with Crippen LogP contribution in [0.4, 0.5) is 4.79 Å². The van der Waals surface area contributed by atoms with Crippen LogP contribution in [0.1, 0.15) is 19.3 Å². The molecule has 2 aliphatic rings. The van der Waals surface area contributed by atoms with Gasteiger partial charge >= 0.3 is 6.03 Å². The summed E-state index contributed by atoms with van der Waals surface area (Å²) in [6.07, 6.45) is 4.50. The lowest BCUT2D eigenvalue weighted by Crippen LogP contribution is -2.55. The predicted molar refractivity (Wildman–Crippen MR) is 69.9 cm³/mol. The van der Waals surface area contributed by atoms with Crippen molar-refractivity contribution in [1.29, 1.82) is 0 Å². The molecule has 112 valence electrons. The highest BCUT2D eigenvalue weighted by molar-refractivity contribution is 6.07. The maximum absolute atomic E-state index is 12.1. The van der Waals surface area contributed by atoms with Gasteiger partial charge in [-0.15, -0.1) is 5.10 Å². The summed E-state index contributed by atoms with van der Waals surface area (Å²) in [5, 5.41) is 12.4. The van der Waals surface area contributed by atoms with Gasteiger partial charge in [0.05, 0.1) is 12.7 Å². The predicted octanol–water partition coefficient (Wildman–Crippen LogP) is -1.13. The summed E-state index contributed by atoms with van der Waals surface area (Å²) in [6.45, 7) is 1.41. The van der Waals surface area contributed by atoms with Crippen molar-refractivity contribution in [3.8, 4) is 0 Å². The molecule has 0 unspecified atom stereocenters. The van der Waals surface area contributed by atoms with Crippen LogP contribution in [0.5, 0.6) is 0 Å². The number of urea groups is 1. The van der Waals surface area contributed by atoms with E-state index >= 15 is 0 Å². The first-order chi connectivity index (χ1) is 10.1. The normalized spacial score (nSPS) is 20.5. The van der Waals surface area contributed by atoms with E-state index in [2.05, 4.69) is 20.9 Å².